The monoisotopic (exact) mass is 776 g/mol. The second kappa shape index (κ2) is 14.3. The van der Waals surface area contributed by atoms with Crippen LogP contribution in [-0.2, 0) is 0 Å². The molecule has 0 unspecified atom stereocenters. The molecular weight excluding hydrogens is 741 g/mol. The Balaban J connectivity index is 0.982. The molecule has 2 aromatic heterocycles. The molecule has 284 valence electrons. The highest BCUT2D eigenvalue weighted by atomic mass is 15.0. The highest BCUT2D eigenvalue weighted by Gasteiger charge is 2.18. The lowest BCUT2D eigenvalue weighted by molar-refractivity contribution is 1.07. The van der Waals surface area contributed by atoms with Gasteiger partial charge in [-0.3, -0.25) is 0 Å². The molecule has 61 heavy (non-hydrogen) atoms. The minimum absolute atomic E-state index is 0.627. The third-order valence-electron chi connectivity index (χ3n) is 12.0. The van der Waals surface area contributed by atoms with Gasteiger partial charge in [-0.1, -0.05) is 182 Å². The topological polar surface area (TPSA) is 43.6 Å². The molecule has 0 spiro atoms. The van der Waals surface area contributed by atoms with E-state index in [9.17, 15) is 0 Å². The largest absolute Gasteiger partial charge is 0.309 e. The first-order chi connectivity index (χ1) is 30.2. The summed E-state index contributed by atoms with van der Waals surface area (Å²) >= 11 is 0. The molecule has 0 N–H and O–H groups in total. The van der Waals surface area contributed by atoms with Crippen LogP contribution in [0.1, 0.15) is 0 Å². The molecule has 4 heteroatoms. The average Bonchev–Trinajstić information content (AvgIpc) is 3.70. The van der Waals surface area contributed by atoms with E-state index in [0.29, 0.717) is 17.5 Å². The van der Waals surface area contributed by atoms with Crippen molar-refractivity contribution in [3.05, 3.63) is 218 Å². The van der Waals surface area contributed by atoms with Crippen LogP contribution in [0.2, 0.25) is 0 Å². The molecule has 0 aliphatic carbocycles. The van der Waals surface area contributed by atoms with E-state index < -0.39 is 0 Å². The third kappa shape index (κ3) is 6.04. The van der Waals surface area contributed by atoms with Crippen molar-refractivity contribution in [1.29, 1.82) is 0 Å². The zero-order valence-corrected chi connectivity index (χ0v) is 33.1. The third-order valence-corrected chi connectivity index (χ3v) is 12.0. The van der Waals surface area contributed by atoms with Crippen LogP contribution >= 0.6 is 0 Å². The average molecular weight is 777 g/mol. The molecule has 12 aromatic rings. The zero-order valence-electron chi connectivity index (χ0n) is 33.1. The Morgan fingerprint density at radius 2 is 0.770 bits per heavy atom. The van der Waals surface area contributed by atoms with Crippen LogP contribution in [0, 0.1) is 0 Å². The second-order valence-electron chi connectivity index (χ2n) is 15.6. The smallest absolute Gasteiger partial charge is 0.164 e. The van der Waals surface area contributed by atoms with E-state index in [1.807, 2.05) is 24.3 Å². The van der Waals surface area contributed by atoms with Gasteiger partial charge in [-0.2, -0.15) is 0 Å². The molecule has 0 amide bonds. The van der Waals surface area contributed by atoms with Crippen molar-refractivity contribution in [1.82, 2.24) is 19.5 Å². The molecular formula is C57H36N4. The maximum absolute atomic E-state index is 5.16. The van der Waals surface area contributed by atoms with E-state index >= 15 is 0 Å². The summed E-state index contributed by atoms with van der Waals surface area (Å²) < 4.78 is 2.45. The standard InChI is InChI=1S/C57H36N4/c1-3-13-37(14-4-1)43-25-26-45-35-47(28-27-44(45)33-43)57-59-55(40-17-5-2-6-18-40)58-56(60-57)46-21-11-19-41(34-46)42-20-12-22-48(36-42)61-52-32-30-38-15-7-9-23-49(38)53(52)51-31-29-39-16-8-10-24-50(39)54(51)61/h1-36H. The second-order valence-corrected chi connectivity index (χ2v) is 15.6. The minimum atomic E-state index is 0.627. The van der Waals surface area contributed by atoms with Gasteiger partial charge in [0.1, 0.15) is 0 Å². The number of hydrogen-bond donors (Lipinski definition) is 0. The summed E-state index contributed by atoms with van der Waals surface area (Å²) in [6.07, 6.45) is 0. The Morgan fingerprint density at radius 3 is 1.52 bits per heavy atom. The predicted octanol–water partition coefficient (Wildman–Crippen LogP) is 14.8. The van der Waals surface area contributed by atoms with Gasteiger partial charge in [0.15, 0.2) is 17.5 Å². The van der Waals surface area contributed by atoms with Crippen molar-refractivity contribution in [2.24, 2.45) is 0 Å². The summed E-state index contributed by atoms with van der Waals surface area (Å²) in [7, 11) is 0. The van der Waals surface area contributed by atoms with E-state index in [1.165, 1.54) is 59.9 Å². The molecule has 0 fully saturated rings. The normalized spacial score (nSPS) is 11.6. The van der Waals surface area contributed by atoms with Gasteiger partial charge in [0.25, 0.3) is 0 Å². The maximum Gasteiger partial charge on any atom is 0.164 e. The highest BCUT2D eigenvalue weighted by molar-refractivity contribution is 6.26. The molecule has 10 aromatic carbocycles. The first kappa shape index (κ1) is 34.8. The van der Waals surface area contributed by atoms with E-state index in [0.717, 1.165) is 38.9 Å². The van der Waals surface area contributed by atoms with Crippen LogP contribution in [0.4, 0.5) is 0 Å². The maximum atomic E-state index is 5.16. The van der Waals surface area contributed by atoms with Gasteiger partial charge >= 0.3 is 0 Å². The minimum Gasteiger partial charge on any atom is -0.309 e. The van der Waals surface area contributed by atoms with Crippen LogP contribution in [0.5, 0.6) is 0 Å². The van der Waals surface area contributed by atoms with Crippen molar-refractivity contribution >= 4 is 54.1 Å². The van der Waals surface area contributed by atoms with E-state index in [2.05, 4.69) is 199 Å². The van der Waals surface area contributed by atoms with E-state index in [1.54, 1.807) is 0 Å². The fourth-order valence-electron chi connectivity index (χ4n) is 9.02. The lowest BCUT2D eigenvalue weighted by Crippen LogP contribution is -2.00. The molecule has 0 aliphatic heterocycles. The lowest BCUT2D eigenvalue weighted by atomic mass is 10.00. The Hall–Kier alpha value is -8.21. The fraction of sp³-hybridized carbons (Fsp3) is 0. The molecule has 0 aliphatic rings. The quantitative estimate of drug-likeness (QED) is 0.169. The first-order valence-corrected chi connectivity index (χ1v) is 20.7. The Kier molecular flexibility index (Phi) is 8.13. The number of aromatic nitrogens is 4. The summed E-state index contributed by atoms with van der Waals surface area (Å²) in [5.74, 6) is 1.90. The van der Waals surface area contributed by atoms with Gasteiger partial charge in [-0.05, 0) is 85.6 Å². The summed E-state index contributed by atoms with van der Waals surface area (Å²) in [6, 6.07) is 77.7. The van der Waals surface area contributed by atoms with Gasteiger partial charge in [-0.15, -0.1) is 0 Å². The van der Waals surface area contributed by atoms with Gasteiger partial charge in [0.2, 0.25) is 0 Å². The van der Waals surface area contributed by atoms with Crippen molar-refractivity contribution in [3.8, 4) is 62.1 Å². The number of rotatable bonds is 6. The molecule has 0 atom stereocenters. The molecule has 0 radical (unpaired) electrons. The Bertz CT molecular complexity index is 3650. The van der Waals surface area contributed by atoms with Gasteiger partial charge in [-0.25, -0.2) is 15.0 Å². The highest BCUT2D eigenvalue weighted by Crippen LogP contribution is 2.41. The van der Waals surface area contributed by atoms with Crippen LogP contribution in [0.15, 0.2) is 218 Å². The lowest BCUT2D eigenvalue weighted by Gasteiger charge is -2.13. The van der Waals surface area contributed by atoms with E-state index in [-0.39, 0.29) is 0 Å². The van der Waals surface area contributed by atoms with Crippen LogP contribution in [0.25, 0.3) is 116 Å². The summed E-state index contributed by atoms with van der Waals surface area (Å²) in [6.45, 7) is 0. The van der Waals surface area contributed by atoms with Gasteiger partial charge < -0.3 is 4.57 Å². The van der Waals surface area contributed by atoms with Crippen LogP contribution < -0.4 is 0 Å². The van der Waals surface area contributed by atoms with E-state index in [4.69, 9.17) is 15.0 Å². The number of nitrogens with zero attached hydrogens (tertiary/aromatic N) is 4. The SMILES string of the molecule is c1ccc(-c2ccc3cc(-c4nc(-c5ccccc5)nc(-c5cccc(-c6cccc(-n7c8ccc9ccccc9c8c8ccc9ccccc9c87)c6)c5)n4)ccc3c2)cc1. The summed E-state index contributed by atoms with van der Waals surface area (Å²) in [4.78, 5) is 15.3. The predicted molar refractivity (Wildman–Crippen MR) is 254 cm³/mol. The molecule has 2 heterocycles. The summed E-state index contributed by atoms with van der Waals surface area (Å²) in [5.41, 5.74) is 10.9. The van der Waals surface area contributed by atoms with Crippen molar-refractivity contribution < 1.29 is 0 Å². The van der Waals surface area contributed by atoms with Gasteiger partial charge in [0, 0.05) is 38.5 Å². The molecule has 0 bridgehead atoms. The van der Waals surface area contributed by atoms with Gasteiger partial charge in [0.05, 0.1) is 11.0 Å². The number of fused-ring (bicyclic) bond motifs is 8. The molecule has 4 nitrogen and oxygen atoms in total. The fourth-order valence-corrected chi connectivity index (χ4v) is 9.02. The molecule has 12 rings (SSSR count). The van der Waals surface area contributed by atoms with Crippen molar-refractivity contribution in [3.63, 3.8) is 0 Å². The first-order valence-electron chi connectivity index (χ1n) is 20.7. The summed E-state index contributed by atoms with van der Waals surface area (Å²) in [5, 5.41) is 9.77. The zero-order chi connectivity index (χ0) is 40.3. The molecule has 0 saturated heterocycles. The Labute approximate surface area is 352 Å². The number of benzene rings is 10. The van der Waals surface area contributed by atoms with Crippen molar-refractivity contribution in [2.75, 3.05) is 0 Å². The van der Waals surface area contributed by atoms with Crippen molar-refractivity contribution in [2.45, 2.75) is 0 Å². The molecule has 0 saturated carbocycles. The Morgan fingerprint density at radius 1 is 0.279 bits per heavy atom. The van der Waals surface area contributed by atoms with Crippen LogP contribution in [-0.4, -0.2) is 19.5 Å². The van der Waals surface area contributed by atoms with Crippen LogP contribution in [0.3, 0.4) is 0 Å². The number of hydrogen-bond acceptors (Lipinski definition) is 3.